The monoisotopic (exact) mass is 404 g/mol. The van der Waals surface area contributed by atoms with Gasteiger partial charge < -0.3 is 10.1 Å². The van der Waals surface area contributed by atoms with Crippen molar-refractivity contribution in [3.63, 3.8) is 0 Å². The van der Waals surface area contributed by atoms with Gasteiger partial charge in [0.1, 0.15) is 0 Å². The van der Waals surface area contributed by atoms with Gasteiger partial charge in [0.15, 0.2) is 0 Å². The van der Waals surface area contributed by atoms with Crippen molar-refractivity contribution in [2.75, 3.05) is 31.6 Å². The molecule has 30 heavy (non-hydrogen) atoms. The molecule has 0 spiro atoms. The van der Waals surface area contributed by atoms with E-state index in [4.69, 9.17) is 4.74 Å². The molecule has 6 nitrogen and oxygen atoms in total. The van der Waals surface area contributed by atoms with Gasteiger partial charge in [-0.05, 0) is 49.2 Å². The molecule has 1 amide bonds. The Morgan fingerprint density at radius 3 is 2.47 bits per heavy atom. The molecule has 0 aliphatic carbocycles. The molecule has 0 unspecified atom stereocenters. The molecule has 4 rings (SSSR count). The largest absolute Gasteiger partial charge is 0.379 e. The number of morpholine rings is 1. The lowest BCUT2D eigenvalue weighted by Crippen LogP contribution is -2.35. The first kappa shape index (κ1) is 20.3. The van der Waals surface area contributed by atoms with Gasteiger partial charge in [0, 0.05) is 36.6 Å². The van der Waals surface area contributed by atoms with Crippen molar-refractivity contribution in [3.05, 3.63) is 82.7 Å². The number of carbonyl (C=O) groups is 1. The van der Waals surface area contributed by atoms with E-state index in [2.05, 4.69) is 34.4 Å². The number of carbonyl (C=O) groups excluding carboxylic acids is 1. The van der Waals surface area contributed by atoms with Gasteiger partial charge in [-0.2, -0.15) is 5.10 Å². The standard InChI is InChI=1S/C24H28N4O2/c1-18-15-19(2)28(26-18)16-20-7-9-21(10-8-20)24(29)25-23-6-4-3-5-22(23)17-27-11-13-30-14-12-27/h3-10,15H,11-14,16-17H2,1-2H3,(H,25,29). The second kappa shape index (κ2) is 9.24. The van der Waals surface area contributed by atoms with Crippen LogP contribution in [0, 0.1) is 13.8 Å². The van der Waals surface area contributed by atoms with Gasteiger partial charge in [0.25, 0.3) is 5.91 Å². The summed E-state index contributed by atoms with van der Waals surface area (Å²) in [6.45, 7) is 8.91. The Labute approximate surface area is 177 Å². The molecule has 1 fully saturated rings. The van der Waals surface area contributed by atoms with Gasteiger partial charge in [0.2, 0.25) is 0 Å². The third-order valence-corrected chi connectivity index (χ3v) is 5.42. The Bertz CT molecular complexity index is 1000. The topological polar surface area (TPSA) is 59.4 Å². The van der Waals surface area contributed by atoms with Crippen molar-refractivity contribution in [2.45, 2.75) is 26.9 Å². The molecule has 1 aliphatic heterocycles. The smallest absolute Gasteiger partial charge is 0.255 e. The molecule has 0 bridgehead atoms. The fraction of sp³-hybridized carbons (Fsp3) is 0.333. The summed E-state index contributed by atoms with van der Waals surface area (Å²) in [5.74, 6) is -0.0953. The number of aromatic nitrogens is 2. The molecule has 1 N–H and O–H groups in total. The Hall–Kier alpha value is -2.96. The molecule has 1 aromatic heterocycles. The van der Waals surface area contributed by atoms with Crippen LogP contribution in [0.4, 0.5) is 5.69 Å². The molecule has 0 radical (unpaired) electrons. The van der Waals surface area contributed by atoms with Crippen molar-refractivity contribution in [3.8, 4) is 0 Å². The van der Waals surface area contributed by atoms with E-state index < -0.39 is 0 Å². The normalized spacial score (nSPS) is 14.6. The number of nitrogens with one attached hydrogen (secondary N) is 1. The van der Waals surface area contributed by atoms with Gasteiger partial charge in [-0.1, -0.05) is 30.3 Å². The third-order valence-electron chi connectivity index (χ3n) is 5.42. The summed E-state index contributed by atoms with van der Waals surface area (Å²) in [5.41, 5.74) is 5.89. The van der Waals surface area contributed by atoms with Crippen molar-refractivity contribution in [1.29, 1.82) is 0 Å². The number of hydrogen-bond donors (Lipinski definition) is 1. The van der Waals surface area contributed by atoms with Crippen LogP contribution in [0.25, 0.3) is 0 Å². The molecular formula is C24H28N4O2. The SMILES string of the molecule is Cc1cc(C)n(Cc2ccc(C(=O)Nc3ccccc3CN3CCOCC3)cc2)n1. The summed E-state index contributed by atoms with van der Waals surface area (Å²) in [7, 11) is 0. The maximum Gasteiger partial charge on any atom is 0.255 e. The highest BCUT2D eigenvalue weighted by atomic mass is 16.5. The third kappa shape index (κ3) is 4.96. The molecule has 1 saturated heterocycles. The molecule has 0 saturated carbocycles. The van der Waals surface area contributed by atoms with Crippen LogP contribution in [0.2, 0.25) is 0 Å². The van der Waals surface area contributed by atoms with E-state index in [-0.39, 0.29) is 5.91 Å². The van der Waals surface area contributed by atoms with Gasteiger partial charge in [-0.25, -0.2) is 0 Å². The lowest BCUT2D eigenvalue weighted by Gasteiger charge is -2.27. The average molecular weight is 405 g/mol. The number of rotatable bonds is 6. The minimum Gasteiger partial charge on any atom is -0.379 e. The highest BCUT2D eigenvalue weighted by molar-refractivity contribution is 6.04. The predicted molar refractivity (Wildman–Crippen MR) is 118 cm³/mol. The highest BCUT2D eigenvalue weighted by Gasteiger charge is 2.14. The number of nitrogens with zero attached hydrogens (tertiary/aromatic N) is 3. The second-order valence-electron chi connectivity index (χ2n) is 7.78. The van der Waals surface area contributed by atoms with Crippen molar-refractivity contribution in [1.82, 2.24) is 14.7 Å². The number of benzene rings is 2. The molecule has 2 heterocycles. The summed E-state index contributed by atoms with van der Waals surface area (Å²) in [5, 5.41) is 7.59. The van der Waals surface area contributed by atoms with Gasteiger partial charge in [-0.15, -0.1) is 0 Å². The van der Waals surface area contributed by atoms with Crippen LogP contribution in [-0.2, 0) is 17.8 Å². The van der Waals surface area contributed by atoms with Gasteiger partial charge in [-0.3, -0.25) is 14.4 Å². The zero-order valence-electron chi connectivity index (χ0n) is 17.6. The van der Waals surface area contributed by atoms with Crippen LogP contribution in [0.3, 0.4) is 0 Å². The minimum absolute atomic E-state index is 0.0953. The summed E-state index contributed by atoms with van der Waals surface area (Å²) in [6, 6.07) is 17.8. The molecule has 156 valence electrons. The number of amides is 1. The highest BCUT2D eigenvalue weighted by Crippen LogP contribution is 2.19. The Balaban J connectivity index is 1.42. The Morgan fingerprint density at radius 2 is 1.77 bits per heavy atom. The van der Waals surface area contributed by atoms with Crippen LogP contribution < -0.4 is 5.32 Å². The number of para-hydroxylation sites is 1. The van der Waals surface area contributed by atoms with Crippen LogP contribution in [0.15, 0.2) is 54.6 Å². The fourth-order valence-electron chi connectivity index (χ4n) is 3.74. The number of ether oxygens (including phenoxy) is 1. The van der Waals surface area contributed by atoms with E-state index in [1.807, 2.05) is 54.1 Å². The van der Waals surface area contributed by atoms with Gasteiger partial charge in [0.05, 0.1) is 25.5 Å². The van der Waals surface area contributed by atoms with Crippen LogP contribution in [-0.4, -0.2) is 46.9 Å². The van der Waals surface area contributed by atoms with Crippen LogP contribution in [0.1, 0.15) is 32.9 Å². The number of hydrogen-bond acceptors (Lipinski definition) is 4. The molecule has 2 aromatic carbocycles. The summed E-state index contributed by atoms with van der Waals surface area (Å²) < 4.78 is 7.41. The van der Waals surface area contributed by atoms with E-state index in [9.17, 15) is 4.79 Å². The predicted octanol–water partition coefficient (Wildman–Crippen LogP) is 3.63. The summed E-state index contributed by atoms with van der Waals surface area (Å²) in [4.78, 5) is 15.2. The summed E-state index contributed by atoms with van der Waals surface area (Å²) >= 11 is 0. The molecular weight excluding hydrogens is 376 g/mol. The Morgan fingerprint density at radius 1 is 1.03 bits per heavy atom. The van der Waals surface area contributed by atoms with Crippen molar-refractivity contribution < 1.29 is 9.53 Å². The second-order valence-corrected chi connectivity index (χ2v) is 7.78. The zero-order valence-corrected chi connectivity index (χ0v) is 17.6. The van der Waals surface area contributed by atoms with Crippen LogP contribution >= 0.6 is 0 Å². The fourth-order valence-corrected chi connectivity index (χ4v) is 3.74. The maximum atomic E-state index is 12.8. The van der Waals surface area contributed by atoms with Gasteiger partial charge >= 0.3 is 0 Å². The van der Waals surface area contributed by atoms with E-state index in [1.165, 1.54) is 0 Å². The van der Waals surface area contributed by atoms with Crippen molar-refractivity contribution >= 4 is 11.6 Å². The summed E-state index contributed by atoms with van der Waals surface area (Å²) in [6.07, 6.45) is 0. The number of aryl methyl sites for hydroxylation is 2. The van der Waals surface area contributed by atoms with E-state index in [1.54, 1.807) is 0 Å². The van der Waals surface area contributed by atoms with Crippen molar-refractivity contribution in [2.24, 2.45) is 0 Å². The first-order valence-electron chi connectivity index (χ1n) is 10.4. The average Bonchev–Trinajstić information content (AvgIpc) is 3.07. The molecule has 1 aliphatic rings. The van der Waals surface area contributed by atoms with E-state index >= 15 is 0 Å². The maximum absolute atomic E-state index is 12.8. The Kier molecular flexibility index (Phi) is 6.26. The zero-order chi connectivity index (χ0) is 20.9. The first-order chi connectivity index (χ1) is 14.6. The van der Waals surface area contributed by atoms with E-state index in [0.717, 1.165) is 61.1 Å². The lowest BCUT2D eigenvalue weighted by molar-refractivity contribution is 0.0342. The molecule has 3 aromatic rings. The molecule has 6 heteroatoms. The van der Waals surface area contributed by atoms with Crippen LogP contribution in [0.5, 0.6) is 0 Å². The lowest BCUT2D eigenvalue weighted by atomic mass is 10.1. The minimum atomic E-state index is -0.0953. The quantitative estimate of drug-likeness (QED) is 0.682. The van der Waals surface area contributed by atoms with E-state index in [0.29, 0.717) is 12.1 Å². The first-order valence-corrected chi connectivity index (χ1v) is 10.4. The molecule has 0 atom stereocenters. The number of anilines is 1.